The van der Waals surface area contributed by atoms with Crippen LogP contribution < -0.4 is 5.32 Å². The second-order valence-corrected chi connectivity index (χ2v) is 5.10. The number of thiazole rings is 1. The van der Waals surface area contributed by atoms with Crippen LogP contribution >= 0.6 is 11.3 Å². The Labute approximate surface area is 111 Å². The number of carbonyl (C=O) groups excluding carboxylic acids is 1. The van der Waals surface area contributed by atoms with Gasteiger partial charge in [-0.15, -0.1) is 11.3 Å². The van der Waals surface area contributed by atoms with Gasteiger partial charge in [-0.2, -0.15) is 0 Å². The molecule has 1 N–H and O–H groups in total. The molecule has 1 saturated heterocycles. The molecule has 2 rings (SSSR count). The SMILES string of the molecule is CCOC(=O)c1nc(CN(CC)C2CNC2)cs1. The van der Waals surface area contributed by atoms with Crippen LogP contribution in [0.15, 0.2) is 5.38 Å². The van der Waals surface area contributed by atoms with Gasteiger partial charge in [0.25, 0.3) is 0 Å². The molecule has 1 aromatic heterocycles. The summed E-state index contributed by atoms with van der Waals surface area (Å²) in [6, 6.07) is 0.600. The monoisotopic (exact) mass is 269 g/mol. The second kappa shape index (κ2) is 6.26. The number of hydrogen-bond acceptors (Lipinski definition) is 6. The van der Waals surface area contributed by atoms with Crippen molar-refractivity contribution in [3.05, 3.63) is 16.1 Å². The maximum absolute atomic E-state index is 11.5. The molecule has 6 heteroatoms. The Hall–Kier alpha value is -0.980. The molecule has 0 unspecified atom stereocenters. The lowest BCUT2D eigenvalue weighted by molar-refractivity contribution is 0.0525. The van der Waals surface area contributed by atoms with E-state index in [1.54, 1.807) is 6.92 Å². The van der Waals surface area contributed by atoms with Gasteiger partial charge in [0, 0.05) is 31.1 Å². The minimum Gasteiger partial charge on any atom is -0.461 e. The van der Waals surface area contributed by atoms with Crippen LogP contribution in [-0.2, 0) is 11.3 Å². The van der Waals surface area contributed by atoms with Gasteiger partial charge in [-0.05, 0) is 13.5 Å². The molecular weight excluding hydrogens is 250 g/mol. The van der Waals surface area contributed by atoms with Crippen molar-refractivity contribution in [3.8, 4) is 0 Å². The molecule has 0 aliphatic carbocycles. The Morgan fingerprint density at radius 2 is 2.39 bits per heavy atom. The van der Waals surface area contributed by atoms with Crippen molar-refractivity contribution in [3.63, 3.8) is 0 Å². The molecule has 1 aliphatic heterocycles. The van der Waals surface area contributed by atoms with Crippen LogP contribution in [0.3, 0.4) is 0 Å². The highest BCUT2D eigenvalue weighted by atomic mass is 32.1. The molecule has 18 heavy (non-hydrogen) atoms. The minimum atomic E-state index is -0.317. The van der Waals surface area contributed by atoms with Crippen LogP contribution in [0.1, 0.15) is 29.3 Å². The molecule has 0 atom stereocenters. The van der Waals surface area contributed by atoms with Crippen LogP contribution in [0.25, 0.3) is 0 Å². The van der Waals surface area contributed by atoms with E-state index in [0.717, 1.165) is 31.9 Å². The Kier molecular flexibility index (Phi) is 4.68. The highest BCUT2D eigenvalue weighted by Gasteiger charge is 2.24. The van der Waals surface area contributed by atoms with Gasteiger partial charge in [-0.3, -0.25) is 4.90 Å². The molecule has 5 nitrogen and oxygen atoms in total. The van der Waals surface area contributed by atoms with E-state index in [4.69, 9.17) is 4.74 Å². The number of aromatic nitrogens is 1. The first-order valence-electron chi connectivity index (χ1n) is 6.30. The van der Waals surface area contributed by atoms with Gasteiger partial charge in [-0.25, -0.2) is 9.78 Å². The third-order valence-electron chi connectivity index (χ3n) is 3.05. The number of likely N-dealkylation sites (N-methyl/N-ethyl adjacent to an activating group) is 1. The Morgan fingerprint density at radius 3 is 2.94 bits per heavy atom. The first-order chi connectivity index (χ1) is 8.74. The third kappa shape index (κ3) is 3.07. The van der Waals surface area contributed by atoms with E-state index in [1.807, 2.05) is 5.38 Å². The average molecular weight is 269 g/mol. The average Bonchev–Trinajstić information content (AvgIpc) is 2.74. The Morgan fingerprint density at radius 1 is 1.61 bits per heavy atom. The third-order valence-corrected chi connectivity index (χ3v) is 3.92. The van der Waals surface area contributed by atoms with E-state index < -0.39 is 0 Å². The summed E-state index contributed by atoms with van der Waals surface area (Å²) < 4.78 is 4.94. The molecular formula is C12H19N3O2S. The topological polar surface area (TPSA) is 54.5 Å². The van der Waals surface area contributed by atoms with Crippen LogP contribution in [0.2, 0.25) is 0 Å². The van der Waals surface area contributed by atoms with Crippen LogP contribution in [0.5, 0.6) is 0 Å². The molecule has 0 amide bonds. The normalized spacial score (nSPS) is 15.7. The summed E-state index contributed by atoms with van der Waals surface area (Å²) in [6.07, 6.45) is 0. The number of nitrogens with one attached hydrogen (secondary N) is 1. The number of rotatable bonds is 6. The Balaban J connectivity index is 1.94. The molecule has 100 valence electrons. The molecule has 0 aromatic carbocycles. The summed E-state index contributed by atoms with van der Waals surface area (Å²) in [6.45, 7) is 8.23. The van der Waals surface area contributed by atoms with Gasteiger partial charge >= 0.3 is 5.97 Å². The lowest BCUT2D eigenvalue weighted by Crippen LogP contribution is -2.56. The zero-order valence-electron chi connectivity index (χ0n) is 10.8. The largest absolute Gasteiger partial charge is 0.461 e. The lowest BCUT2D eigenvalue weighted by Gasteiger charge is -2.37. The molecule has 1 fully saturated rings. The summed E-state index contributed by atoms with van der Waals surface area (Å²) in [5.74, 6) is -0.317. The fourth-order valence-electron chi connectivity index (χ4n) is 1.90. The molecule has 1 aliphatic rings. The van der Waals surface area contributed by atoms with Gasteiger partial charge in [0.2, 0.25) is 5.01 Å². The standard InChI is InChI=1S/C12H19N3O2S/c1-3-15(10-5-13-6-10)7-9-8-18-11(14-9)12(16)17-4-2/h8,10,13H,3-7H2,1-2H3. The van der Waals surface area contributed by atoms with E-state index in [2.05, 4.69) is 22.1 Å². The van der Waals surface area contributed by atoms with Crippen molar-refractivity contribution < 1.29 is 9.53 Å². The summed E-state index contributed by atoms with van der Waals surface area (Å²) in [5.41, 5.74) is 0.955. The van der Waals surface area contributed by atoms with Gasteiger partial charge in [0.05, 0.1) is 12.3 Å². The summed E-state index contributed by atoms with van der Waals surface area (Å²) >= 11 is 1.36. The van der Waals surface area contributed by atoms with Gasteiger partial charge in [-0.1, -0.05) is 6.92 Å². The van der Waals surface area contributed by atoms with Crippen molar-refractivity contribution in [2.24, 2.45) is 0 Å². The van der Waals surface area contributed by atoms with E-state index in [1.165, 1.54) is 11.3 Å². The van der Waals surface area contributed by atoms with Crippen molar-refractivity contribution >= 4 is 17.3 Å². The number of ether oxygens (including phenoxy) is 1. The van der Waals surface area contributed by atoms with E-state index in [-0.39, 0.29) is 5.97 Å². The van der Waals surface area contributed by atoms with Crippen molar-refractivity contribution in [1.82, 2.24) is 15.2 Å². The van der Waals surface area contributed by atoms with E-state index >= 15 is 0 Å². The second-order valence-electron chi connectivity index (χ2n) is 4.24. The van der Waals surface area contributed by atoms with Gasteiger partial charge in [0.1, 0.15) is 0 Å². The van der Waals surface area contributed by atoms with Crippen LogP contribution in [0, 0.1) is 0 Å². The number of esters is 1. The number of hydrogen-bond donors (Lipinski definition) is 1. The number of nitrogens with zero attached hydrogens (tertiary/aromatic N) is 2. The van der Waals surface area contributed by atoms with E-state index in [9.17, 15) is 4.79 Å². The number of carbonyl (C=O) groups is 1. The smallest absolute Gasteiger partial charge is 0.367 e. The van der Waals surface area contributed by atoms with Crippen molar-refractivity contribution in [2.45, 2.75) is 26.4 Å². The highest BCUT2D eigenvalue weighted by molar-refractivity contribution is 7.11. The summed E-state index contributed by atoms with van der Waals surface area (Å²) in [4.78, 5) is 18.2. The van der Waals surface area contributed by atoms with E-state index in [0.29, 0.717) is 17.7 Å². The quantitative estimate of drug-likeness (QED) is 0.784. The fraction of sp³-hybridized carbons (Fsp3) is 0.667. The molecule has 0 bridgehead atoms. The minimum absolute atomic E-state index is 0.317. The highest BCUT2D eigenvalue weighted by Crippen LogP contribution is 2.15. The zero-order valence-corrected chi connectivity index (χ0v) is 11.6. The predicted molar refractivity (Wildman–Crippen MR) is 70.8 cm³/mol. The first kappa shape index (κ1) is 13.5. The van der Waals surface area contributed by atoms with Crippen LogP contribution in [-0.4, -0.2) is 48.1 Å². The Bertz CT molecular complexity index is 404. The maximum Gasteiger partial charge on any atom is 0.367 e. The lowest BCUT2D eigenvalue weighted by atomic mass is 10.1. The maximum atomic E-state index is 11.5. The fourth-order valence-corrected chi connectivity index (χ4v) is 2.61. The van der Waals surface area contributed by atoms with Crippen molar-refractivity contribution in [1.29, 1.82) is 0 Å². The predicted octanol–water partition coefficient (Wildman–Crippen LogP) is 1.11. The van der Waals surface area contributed by atoms with Gasteiger partial charge in [0.15, 0.2) is 0 Å². The molecule has 0 saturated carbocycles. The molecule has 0 spiro atoms. The van der Waals surface area contributed by atoms with Crippen molar-refractivity contribution in [2.75, 3.05) is 26.2 Å². The van der Waals surface area contributed by atoms with Crippen LogP contribution in [0.4, 0.5) is 0 Å². The molecule has 1 aromatic rings. The van der Waals surface area contributed by atoms with Gasteiger partial charge < -0.3 is 10.1 Å². The first-order valence-corrected chi connectivity index (χ1v) is 7.18. The summed E-state index contributed by atoms with van der Waals surface area (Å²) in [7, 11) is 0. The molecule has 2 heterocycles. The summed E-state index contributed by atoms with van der Waals surface area (Å²) in [5, 5.41) is 5.67. The molecule has 0 radical (unpaired) electrons. The zero-order chi connectivity index (χ0) is 13.0.